The van der Waals surface area contributed by atoms with Crippen LogP contribution < -0.4 is 0 Å². The van der Waals surface area contributed by atoms with Gasteiger partial charge in [0.05, 0.1) is 5.92 Å². The van der Waals surface area contributed by atoms with E-state index in [1.54, 1.807) is 0 Å². The Balaban J connectivity index is 2.71. The second-order valence-electron chi connectivity index (χ2n) is 2.14. The van der Waals surface area contributed by atoms with Crippen molar-refractivity contribution in [2.45, 2.75) is 6.17 Å². The lowest BCUT2D eigenvalue weighted by Crippen LogP contribution is -2.18. The third kappa shape index (κ3) is 1.37. The van der Waals surface area contributed by atoms with E-state index in [2.05, 4.69) is 0 Å². The van der Waals surface area contributed by atoms with E-state index in [4.69, 9.17) is 11.6 Å². The van der Waals surface area contributed by atoms with Crippen LogP contribution in [0.25, 0.3) is 0 Å². The van der Waals surface area contributed by atoms with Crippen LogP contribution in [0.3, 0.4) is 0 Å². The molecule has 0 bridgehead atoms. The molecule has 0 aromatic heterocycles. The van der Waals surface area contributed by atoms with Gasteiger partial charge < -0.3 is 0 Å². The minimum absolute atomic E-state index is 0.00611. The number of hydrogen-bond donors (Lipinski definition) is 0. The van der Waals surface area contributed by atoms with Crippen molar-refractivity contribution in [2.24, 2.45) is 5.92 Å². The lowest BCUT2D eigenvalue weighted by molar-refractivity contribution is 0.294. The summed E-state index contributed by atoms with van der Waals surface area (Å²) in [6.45, 7) is 0. The van der Waals surface area contributed by atoms with Gasteiger partial charge in [-0.15, -0.1) is 11.6 Å². The Labute approximate surface area is 63.2 Å². The van der Waals surface area contributed by atoms with Crippen LogP contribution in [0.5, 0.6) is 0 Å². The summed E-state index contributed by atoms with van der Waals surface area (Å²) >= 11 is 5.32. The minimum Gasteiger partial charge on any atom is -0.242 e. The molecule has 0 spiro atoms. The highest BCUT2D eigenvalue weighted by Gasteiger charge is 2.23. The van der Waals surface area contributed by atoms with Gasteiger partial charge in [-0.25, -0.2) is 8.78 Å². The molecule has 0 amide bonds. The summed E-state index contributed by atoms with van der Waals surface area (Å²) in [5, 5.41) is 0. The van der Waals surface area contributed by atoms with Gasteiger partial charge in [-0.3, -0.25) is 0 Å². The lowest BCUT2D eigenvalue weighted by Gasteiger charge is -2.15. The molecule has 1 rings (SSSR count). The first-order chi connectivity index (χ1) is 4.75. The number of allylic oxidation sites excluding steroid dienone is 4. The molecule has 0 radical (unpaired) electrons. The second kappa shape index (κ2) is 3.15. The molecule has 2 atom stereocenters. The van der Waals surface area contributed by atoms with Crippen molar-refractivity contribution in [3.05, 3.63) is 24.1 Å². The van der Waals surface area contributed by atoms with E-state index in [1.807, 2.05) is 0 Å². The van der Waals surface area contributed by atoms with E-state index >= 15 is 0 Å². The van der Waals surface area contributed by atoms with Crippen LogP contribution in [0.1, 0.15) is 0 Å². The number of alkyl halides is 2. The maximum atomic E-state index is 12.6. The first-order valence-corrected chi connectivity index (χ1v) is 3.53. The van der Waals surface area contributed by atoms with Crippen LogP contribution >= 0.6 is 11.6 Å². The molecule has 0 nitrogen and oxygen atoms in total. The van der Waals surface area contributed by atoms with Crippen molar-refractivity contribution in [1.29, 1.82) is 0 Å². The Bertz CT molecular complexity index is 174. The molecule has 2 unspecified atom stereocenters. The molecule has 0 heterocycles. The highest BCUT2D eigenvalue weighted by atomic mass is 35.5. The third-order valence-corrected chi connectivity index (χ3v) is 1.79. The first kappa shape index (κ1) is 7.73. The van der Waals surface area contributed by atoms with E-state index < -0.39 is 17.9 Å². The zero-order valence-corrected chi connectivity index (χ0v) is 5.98. The van der Waals surface area contributed by atoms with E-state index in [0.717, 1.165) is 0 Å². The smallest absolute Gasteiger partial charge is 0.129 e. The Morgan fingerprint density at radius 2 is 2.30 bits per heavy atom. The molecule has 0 aliphatic heterocycles. The Kier molecular flexibility index (Phi) is 2.44. The standard InChI is InChI=1S/C7H7ClF2/c8-4-5-6(9)2-1-3-7(5)10/h1-3,5-6H,4H2. The van der Waals surface area contributed by atoms with Crippen molar-refractivity contribution >= 4 is 11.6 Å². The monoisotopic (exact) mass is 164 g/mol. The number of hydrogen-bond acceptors (Lipinski definition) is 0. The molecule has 3 heteroatoms. The van der Waals surface area contributed by atoms with Crippen molar-refractivity contribution in [3.63, 3.8) is 0 Å². The van der Waals surface area contributed by atoms with Crippen molar-refractivity contribution in [3.8, 4) is 0 Å². The molecule has 10 heavy (non-hydrogen) atoms. The summed E-state index contributed by atoms with van der Waals surface area (Å²) < 4.78 is 25.2. The molecule has 0 saturated heterocycles. The Hall–Kier alpha value is -0.370. The van der Waals surface area contributed by atoms with Crippen LogP contribution in [0.4, 0.5) is 8.78 Å². The quantitative estimate of drug-likeness (QED) is 0.523. The van der Waals surface area contributed by atoms with E-state index in [0.29, 0.717) is 0 Å². The summed E-state index contributed by atoms with van der Waals surface area (Å²) in [5.74, 6) is -1.25. The Morgan fingerprint density at radius 1 is 1.60 bits per heavy atom. The van der Waals surface area contributed by atoms with Gasteiger partial charge in [-0.1, -0.05) is 6.08 Å². The van der Waals surface area contributed by atoms with Gasteiger partial charge in [0.25, 0.3) is 0 Å². The van der Waals surface area contributed by atoms with Crippen LogP contribution in [-0.2, 0) is 0 Å². The van der Waals surface area contributed by atoms with Gasteiger partial charge in [0.15, 0.2) is 0 Å². The van der Waals surface area contributed by atoms with Crippen LogP contribution in [0.2, 0.25) is 0 Å². The maximum Gasteiger partial charge on any atom is 0.129 e. The molecule has 0 N–H and O–H groups in total. The summed E-state index contributed by atoms with van der Waals surface area (Å²) in [6.07, 6.45) is 2.64. The van der Waals surface area contributed by atoms with Crippen molar-refractivity contribution in [2.75, 3.05) is 5.88 Å². The summed E-state index contributed by atoms with van der Waals surface area (Å²) in [6, 6.07) is 0. The minimum atomic E-state index is -1.26. The SMILES string of the molecule is FC1=CC=CC(F)C1CCl. The summed E-state index contributed by atoms with van der Waals surface area (Å²) in [5.41, 5.74) is 0. The second-order valence-corrected chi connectivity index (χ2v) is 2.45. The molecule has 1 aliphatic rings. The fraction of sp³-hybridized carbons (Fsp3) is 0.429. The van der Waals surface area contributed by atoms with Crippen molar-refractivity contribution < 1.29 is 8.78 Å². The van der Waals surface area contributed by atoms with E-state index in [-0.39, 0.29) is 5.88 Å². The number of halogens is 3. The van der Waals surface area contributed by atoms with Crippen LogP contribution in [0.15, 0.2) is 24.1 Å². The average molecular weight is 165 g/mol. The molecular formula is C7H7ClF2. The lowest BCUT2D eigenvalue weighted by atomic mass is 10.00. The molecule has 0 fully saturated rings. The normalized spacial score (nSPS) is 32.1. The number of rotatable bonds is 1. The van der Waals surface area contributed by atoms with Gasteiger partial charge in [0, 0.05) is 5.88 Å². The molecule has 1 aliphatic carbocycles. The molecule has 0 aromatic rings. The third-order valence-electron chi connectivity index (χ3n) is 1.46. The fourth-order valence-electron chi connectivity index (χ4n) is 0.822. The predicted octanol–water partition coefficient (Wildman–Crippen LogP) is 2.60. The van der Waals surface area contributed by atoms with Gasteiger partial charge >= 0.3 is 0 Å². The highest BCUT2D eigenvalue weighted by Crippen LogP contribution is 2.25. The fourth-order valence-corrected chi connectivity index (χ4v) is 1.14. The van der Waals surface area contributed by atoms with Gasteiger partial charge in [0.2, 0.25) is 0 Å². The van der Waals surface area contributed by atoms with E-state index in [9.17, 15) is 8.78 Å². The van der Waals surface area contributed by atoms with Gasteiger partial charge in [-0.05, 0) is 12.2 Å². The first-order valence-electron chi connectivity index (χ1n) is 2.99. The van der Waals surface area contributed by atoms with Crippen LogP contribution in [0, 0.1) is 5.92 Å². The van der Waals surface area contributed by atoms with Gasteiger partial charge in [0.1, 0.15) is 12.0 Å². The highest BCUT2D eigenvalue weighted by molar-refractivity contribution is 6.18. The summed E-state index contributed by atoms with van der Waals surface area (Å²) in [4.78, 5) is 0. The van der Waals surface area contributed by atoms with E-state index in [1.165, 1.54) is 18.2 Å². The topological polar surface area (TPSA) is 0 Å². The molecule has 0 saturated carbocycles. The van der Waals surface area contributed by atoms with Crippen LogP contribution in [-0.4, -0.2) is 12.1 Å². The molecule has 0 aromatic carbocycles. The summed E-state index contributed by atoms with van der Waals surface area (Å²) in [7, 11) is 0. The largest absolute Gasteiger partial charge is 0.242 e. The zero-order chi connectivity index (χ0) is 7.56. The maximum absolute atomic E-state index is 12.6. The average Bonchev–Trinajstić information content (AvgIpc) is 1.88. The zero-order valence-electron chi connectivity index (χ0n) is 5.23. The molecule has 56 valence electrons. The predicted molar refractivity (Wildman–Crippen MR) is 37.4 cm³/mol. The van der Waals surface area contributed by atoms with Gasteiger partial charge in [-0.2, -0.15) is 0 Å². The molecular weight excluding hydrogens is 158 g/mol. The van der Waals surface area contributed by atoms with Crippen molar-refractivity contribution in [1.82, 2.24) is 0 Å². The Morgan fingerprint density at radius 3 is 2.70 bits per heavy atom.